The van der Waals surface area contributed by atoms with Crippen molar-refractivity contribution in [3.05, 3.63) is 7.43 Å². The molecule has 0 fully saturated rings. The van der Waals surface area contributed by atoms with Crippen LogP contribution in [0.1, 0.15) is 0 Å². The Morgan fingerprint density at radius 3 is 2.00 bits per heavy atom. The fraction of sp³-hybridized carbons (Fsp3) is 0.833. The molecule has 0 bridgehead atoms. The van der Waals surface area contributed by atoms with Crippen LogP contribution >= 0.6 is 7.82 Å². The average molecular weight is 196 g/mol. The van der Waals surface area contributed by atoms with Gasteiger partial charge in [0, 0.05) is 0 Å². The summed E-state index contributed by atoms with van der Waals surface area (Å²) in [6.45, 7) is 0.652. The van der Waals surface area contributed by atoms with E-state index in [1.165, 1.54) is 0 Å². The molecular formula is C6H15NO4P+5. The molecule has 0 aliphatic rings. The average Bonchev–Trinajstić information content (AvgIpc) is 1.55. The van der Waals surface area contributed by atoms with Crippen molar-refractivity contribution >= 4 is 7.82 Å². The van der Waals surface area contributed by atoms with E-state index in [1.807, 2.05) is 21.1 Å². The van der Waals surface area contributed by atoms with Crippen LogP contribution in [-0.2, 0) is 9.09 Å². The van der Waals surface area contributed by atoms with Gasteiger partial charge in [-0.2, -0.15) is 0 Å². The summed E-state index contributed by atoms with van der Waals surface area (Å²) in [6, 6.07) is 0. The molecule has 6 heteroatoms. The summed E-state index contributed by atoms with van der Waals surface area (Å²) in [5, 5.41) is 0. The van der Waals surface area contributed by atoms with Crippen LogP contribution in [0.5, 0.6) is 0 Å². The molecule has 2 N–H and O–H groups in total. The van der Waals surface area contributed by atoms with E-state index < -0.39 is 7.82 Å². The van der Waals surface area contributed by atoms with Gasteiger partial charge in [-0.1, -0.05) is 0 Å². The first-order chi connectivity index (χ1) is 4.71. The number of hydrogen-bond acceptors (Lipinski definition) is 2. The Labute approximate surface area is 73.8 Å². The molecule has 0 radical (unpaired) electrons. The number of phosphoric ester groups is 1. The third-order valence-corrected chi connectivity index (χ3v) is 1.54. The summed E-state index contributed by atoms with van der Waals surface area (Å²) < 4.78 is 15.1. The van der Waals surface area contributed by atoms with Crippen molar-refractivity contribution in [3.8, 4) is 0 Å². The van der Waals surface area contributed by atoms with Gasteiger partial charge in [0.25, 0.3) is 0 Å². The normalized spacial score (nSPS) is 12.4. The number of hydrogen-bond donors (Lipinski definition) is 2. The summed E-state index contributed by atoms with van der Waals surface area (Å²) in [7, 11) is 1.50. The maximum absolute atomic E-state index is 10.2. The summed E-state index contributed by atoms with van der Waals surface area (Å²) in [4.78, 5) is 16.6. The van der Waals surface area contributed by atoms with E-state index in [9.17, 15) is 4.57 Å². The second kappa shape index (κ2) is 4.94. The molecule has 68 valence electrons. The Bertz CT molecular complexity index is 159. The fourth-order valence-electron chi connectivity index (χ4n) is 0.434. The fourth-order valence-corrected chi connectivity index (χ4v) is 0.753. The number of phosphoric acid groups is 1. The molecule has 0 amide bonds. The smallest absolute Gasteiger partial charge is 0.329 e. The topological polar surface area (TPSA) is 66.8 Å². The number of nitrogens with zero attached hydrogens (tertiary/aromatic N) is 1. The minimum Gasteiger partial charge on any atom is -0.329 e. The predicted octanol–water partition coefficient (Wildman–Crippen LogP) is -0.117. The zero-order valence-electron chi connectivity index (χ0n) is 7.52. The van der Waals surface area contributed by atoms with Crippen LogP contribution in [0, 0.1) is 7.43 Å². The quantitative estimate of drug-likeness (QED) is 0.486. The van der Waals surface area contributed by atoms with Crippen LogP contribution in [0.15, 0.2) is 0 Å². The Balaban J connectivity index is 0. The van der Waals surface area contributed by atoms with Crippen molar-refractivity contribution in [3.63, 3.8) is 0 Å². The van der Waals surface area contributed by atoms with Crippen LogP contribution in [-0.4, -0.2) is 48.6 Å². The van der Waals surface area contributed by atoms with Gasteiger partial charge < -0.3 is 14.3 Å². The van der Waals surface area contributed by atoms with Crippen molar-refractivity contribution in [1.29, 1.82) is 0 Å². The van der Waals surface area contributed by atoms with Gasteiger partial charge in [0.2, 0.25) is 0 Å². The van der Waals surface area contributed by atoms with E-state index in [-0.39, 0.29) is 14.0 Å². The van der Waals surface area contributed by atoms with Gasteiger partial charge in [-0.15, -0.1) is 0 Å². The van der Waals surface area contributed by atoms with E-state index in [2.05, 4.69) is 4.52 Å². The van der Waals surface area contributed by atoms with Crippen molar-refractivity contribution in [1.82, 2.24) is 0 Å². The van der Waals surface area contributed by atoms with E-state index in [0.717, 1.165) is 0 Å². The Hall–Kier alpha value is 0.0700. The van der Waals surface area contributed by atoms with Crippen molar-refractivity contribution in [2.45, 2.75) is 0 Å². The number of rotatable bonds is 4. The molecule has 0 aromatic rings. The van der Waals surface area contributed by atoms with Gasteiger partial charge in [0.1, 0.15) is 13.2 Å². The molecular weight excluding hydrogens is 181 g/mol. The summed E-state index contributed by atoms with van der Waals surface area (Å²) in [6.07, 6.45) is 0. The molecule has 0 saturated carbocycles. The molecule has 0 aliphatic heterocycles. The monoisotopic (exact) mass is 196 g/mol. The summed E-state index contributed by atoms with van der Waals surface area (Å²) >= 11 is 0. The largest absolute Gasteiger partial charge is 4.00 e. The molecule has 0 unspecified atom stereocenters. The Kier molecular flexibility index (Phi) is 6.01. The van der Waals surface area contributed by atoms with Crippen molar-refractivity contribution < 1.29 is 23.4 Å². The molecule has 0 saturated heterocycles. The molecule has 12 heavy (non-hydrogen) atoms. The Morgan fingerprint density at radius 2 is 1.75 bits per heavy atom. The zero-order valence-corrected chi connectivity index (χ0v) is 8.41. The van der Waals surface area contributed by atoms with Gasteiger partial charge in [-0.3, -0.25) is 4.52 Å². The van der Waals surface area contributed by atoms with Crippen molar-refractivity contribution in [2.24, 2.45) is 0 Å². The van der Waals surface area contributed by atoms with Gasteiger partial charge in [-0.05, 0) is 0 Å². The van der Waals surface area contributed by atoms with Crippen LogP contribution in [0.2, 0.25) is 0 Å². The Morgan fingerprint density at radius 1 is 1.33 bits per heavy atom. The molecule has 0 aliphatic carbocycles. The van der Waals surface area contributed by atoms with E-state index in [4.69, 9.17) is 9.79 Å². The number of likely N-dealkylation sites (N-methyl/N-ethyl adjacent to an activating group) is 1. The molecule has 0 atom stereocenters. The van der Waals surface area contributed by atoms with E-state index in [1.54, 1.807) is 0 Å². The molecule has 0 rings (SSSR count). The zero-order chi connectivity index (χ0) is 9.12. The molecule has 0 spiro atoms. The third kappa shape index (κ3) is 12.7. The first-order valence-electron chi connectivity index (χ1n) is 3.21. The second-order valence-electron chi connectivity index (χ2n) is 3.34. The van der Waals surface area contributed by atoms with Crippen molar-refractivity contribution in [2.75, 3.05) is 34.3 Å². The standard InChI is InChI=1S/C5H14NO4P.C/c1-6(2,3)4-5-10-11(7,8)9;/h4-5H2,1-3H3,(H-,7,8,9);/q;+4/p+1. The van der Waals surface area contributed by atoms with Crippen LogP contribution < -0.4 is 0 Å². The van der Waals surface area contributed by atoms with Gasteiger partial charge >= 0.3 is 15.2 Å². The maximum atomic E-state index is 10.2. The third-order valence-electron chi connectivity index (χ3n) is 1.02. The number of quaternary nitrogens is 1. The van der Waals surface area contributed by atoms with Crippen LogP contribution in [0.4, 0.5) is 0 Å². The van der Waals surface area contributed by atoms with E-state index >= 15 is 0 Å². The summed E-state index contributed by atoms with van der Waals surface area (Å²) in [5.74, 6) is 0. The second-order valence-corrected chi connectivity index (χ2v) is 4.58. The minimum atomic E-state index is -4.26. The maximum Gasteiger partial charge on any atom is 4.00 e. The SMILES string of the molecule is C[N+](C)(C)CCOP(=O)(O)O.[C+4]. The van der Waals surface area contributed by atoms with Crippen LogP contribution in [0.25, 0.3) is 0 Å². The first-order valence-corrected chi connectivity index (χ1v) is 4.74. The van der Waals surface area contributed by atoms with Gasteiger partial charge in [-0.25, -0.2) is 4.57 Å². The first kappa shape index (κ1) is 14.6. The van der Waals surface area contributed by atoms with Gasteiger partial charge in [0.05, 0.1) is 21.1 Å². The van der Waals surface area contributed by atoms with Gasteiger partial charge in [0.15, 0.2) is 0 Å². The molecule has 5 nitrogen and oxygen atoms in total. The molecule has 0 heterocycles. The molecule has 0 aromatic carbocycles. The summed E-state index contributed by atoms with van der Waals surface area (Å²) in [5.41, 5.74) is 0. The molecule has 0 aromatic heterocycles. The van der Waals surface area contributed by atoms with E-state index in [0.29, 0.717) is 11.0 Å². The van der Waals surface area contributed by atoms with Crippen LogP contribution in [0.3, 0.4) is 0 Å². The minimum absolute atomic E-state index is 0. The predicted molar refractivity (Wildman–Crippen MR) is 44.1 cm³/mol.